The third kappa shape index (κ3) is 4.88. The molecule has 0 saturated heterocycles. The number of hydrogen-bond donors (Lipinski definition) is 0. The second-order valence-corrected chi connectivity index (χ2v) is 17.1. The van der Waals surface area contributed by atoms with E-state index in [-0.39, 0.29) is 22.6 Å². The summed E-state index contributed by atoms with van der Waals surface area (Å²) in [7, 11) is 0. The van der Waals surface area contributed by atoms with Crippen molar-refractivity contribution in [1.82, 2.24) is 14.0 Å². The first-order valence-corrected chi connectivity index (χ1v) is 20.5. The Morgan fingerprint density at radius 3 is 1.68 bits per heavy atom. The first-order chi connectivity index (χ1) is 31.7. The van der Waals surface area contributed by atoms with Gasteiger partial charge in [0.1, 0.15) is 11.5 Å². The van der Waals surface area contributed by atoms with Crippen LogP contribution in [0.4, 0.5) is 0 Å². The van der Waals surface area contributed by atoms with Gasteiger partial charge in [-0.2, -0.15) is 0 Å². The van der Waals surface area contributed by atoms with Gasteiger partial charge < -0.3 is 4.74 Å². The topological polar surface area (TPSA) is 31.5 Å². The minimum Gasteiger partial charge on any atom is -0.456 e. The van der Waals surface area contributed by atoms with Crippen molar-refractivity contribution >= 4 is 27.8 Å². The van der Waals surface area contributed by atoms with Gasteiger partial charge in [-0.15, -0.1) is 0 Å². The molecule has 0 bridgehead atoms. The van der Waals surface area contributed by atoms with Crippen LogP contribution in [-0.2, 0) is 10.8 Å². The molecule has 8 aromatic carbocycles. The van der Waals surface area contributed by atoms with Gasteiger partial charge >= 0.3 is 0 Å². The summed E-state index contributed by atoms with van der Waals surface area (Å²) in [6.07, 6.45) is 0. The first kappa shape index (κ1) is 29.1. The van der Waals surface area contributed by atoms with E-state index in [1.165, 1.54) is 0 Å². The summed E-state index contributed by atoms with van der Waals surface area (Å²) >= 11 is 0. The number of para-hydroxylation sites is 5. The minimum absolute atomic E-state index is 0.0649. The molecule has 3 heterocycles. The number of rotatable bonds is 2. The smallest absolute Gasteiger partial charge is 0.220 e. The molecular weight excluding hydrogens is 731 g/mol. The van der Waals surface area contributed by atoms with E-state index >= 15 is 0 Å². The molecule has 4 heteroatoms. The van der Waals surface area contributed by atoms with Crippen LogP contribution >= 0.6 is 0 Å². The second kappa shape index (κ2) is 12.4. The van der Waals surface area contributed by atoms with Crippen molar-refractivity contribution < 1.29 is 13.0 Å². The van der Waals surface area contributed by atoms with Crippen molar-refractivity contribution in [2.75, 3.05) is 0 Å². The number of aromatic nitrogens is 3. The summed E-state index contributed by atoms with van der Waals surface area (Å²) in [6.45, 7) is 0.386. The van der Waals surface area contributed by atoms with E-state index < -0.39 is 24.5 Å². The number of benzene rings is 8. The van der Waals surface area contributed by atoms with Crippen LogP contribution in [0.25, 0.3) is 89.2 Å². The number of imidazole rings is 2. The van der Waals surface area contributed by atoms with Gasteiger partial charge in [-0.3, -0.25) is 8.97 Å². The summed E-state index contributed by atoms with van der Waals surface area (Å²) in [6, 6.07) is 56.4. The lowest BCUT2D eigenvalue weighted by Crippen LogP contribution is -2.25. The summed E-state index contributed by atoms with van der Waals surface area (Å²) in [5.74, 6) is 1.01. The largest absolute Gasteiger partial charge is 0.456 e. The van der Waals surface area contributed by atoms with Crippen molar-refractivity contribution in [2.24, 2.45) is 0 Å². The molecule has 0 spiro atoms. The van der Waals surface area contributed by atoms with Crippen LogP contribution in [0.3, 0.4) is 0 Å². The number of ether oxygens (including phenoxy) is 1. The number of hydrogen-bond acceptors (Lipinski definition) is 2. The van der Waals surface area contributed by atoms with Gasteiger partial charge in [-0.25, -0.2) is 4.98 Å². The summed E-state index contributed by atoms with van der Waals surface area (Å²) in [5.41, 5.74) is 12.4. The highest BCUT2D eigenvalue weighted by molar-refractivity contribution is 6.04. The van der Waals surface area contributed by atoms with Crippen LogP contribution in [0.5, 0.6) is 11.5 Å². The van der Waals surface area contributed by atoms with E-state index in [4.69, 9.17) is 9.72 Å². The molecule has 0 saturated carbocycles. The Balaban J connectivity index is 1.13. The van der Waals surface area contributed by atoms with E-state index in [0.29, 0.717) is 17.0 Å². The molecule has 1 aliphatic heterocycles. The average Bonchev–Trinajstić information content (AvgIpc) is 3.83. The zero-order valence-electron chi connectivity index (χ0n) is 39.4. The maximum absolute atomic E-state index is 9.36. The Hall–Kier alpha value is -7.17. The maximum Gasteiger partial charge on any atom is 0.220 e. The molecule has 0 amide bonds. The Bertz CT molecular complexity index is 3650. The molecule has 12 rings (SSSR count). The zero-order chi connectivity index (χ0) is 45.5. The lowest BCUT2D eigenvalue weighted by molar-refractivity contribution is 0.419. The second-order valence-electron chi connectivity index (χ2n) is 17.1. The van der Waals surface area contributed by atoms with Gasteiger partial charge in [0.25, 0.3) is 0 Å². The Labute approximate surface area is 358 Å². The van der Waals surface area contributed by atoms with E-state index in [1.807, 2.05) is 65.2 Å². The molecule has 0 unspecified atom stereocenters. The normalized spacial score (nSPS) is 15.6. The van der Waals surface area contributed by atoms with Crippen molar-refractivity contribution in [1.29, 1.82) is 0 Å². The fraction of sp³-hybridized carbons (Fsp3) is 0.125. The van der Waals surface area contributed by atoms with E-state index in [1.54, 1.807) is 24.3 Å². The van der Waals surface area contributed by atoms with E-state index in [0.717, 1.165) is 77.7 Å². The maximum atomic E-state index is 9.36. The van der Waals surface area contributed by atoms with Crippen LogP contribution in [0.2, 0.25) is 0 Å². The van der Waals surface area contributed by atoms with Crippen LogP contribution in [0.15, 0.2) is 170 Å². The van der Waals surface area contributed by atoms with Gasteiger partial charge in [0.05, 0.1) is 22.1 Å². The average molecular weight is 780 g/mol. The lowest BCUT2D eigenvalue weighted by atomic mass is 9.72. The van der Waals surface area contributed by atoms with E-state index in [2.05, 4.69) is 110 Å². The highest BCUT2D eigenvalue weighted by Crippen LogP contribution is 2.55. The van der Waals surface area contributed by atoms with Crippen molar-refractivity contribution in [3.05, 3.63) is 187 Å². The monoisotopic (exact) mass is 779 g/mol. The standard InChI is InChI=1S/C56H43N3O/c1-55(2,3)46-33-43-40-22-11-9-20-38(40)36-18-7-6-17-35(36)37-19-8-10-21-39(37)42(43)32-44(46)41-23-16-24-45-53(41)60-52-30-29-34(31-47(52)56(45,4)5)58-50-27-14-15-28-51(50)59-49-26-13-12-25-48(49)57-54(58)59/h6-33H,1-5H3/i4D3,5D3. The predicted molar refractivity (Wildman–Crippen MR) is 248 cm³/mol. The Morgan fingerprint density at radius 1 is 0.500 bits per heavy atom. The summed E-state index contributed by atoms with van der Waals surface area (Å²) in [5, 5.41) is 0. The molecule has 10 aromatic rings. The lowest BCUT2D eigenvalue weighted by Gasteiger charge is -2.36. The fourth-order valence-corrected chi connectivity index (χ4v) is 9.80. The van der Waals surface area contributed by atoms with Gasteiger partial charge in [0, 0.05) is 36.0 Å². The summed E-state index contributed by atoms with van der Waals surface area (Å²) in [4.78, 5) is 5.04. The molecule has 0 fully saturated rings. The van der Waals surface area contributed by atoms with Gasteiger partial charge in [-0.1, -0.05) is 150 Å². The quantitative estimate of drug-likeness (QED) is 0.175. The number of fused-ring (bicyclic) bond motifs is 15. The van der Waals surface area contributed by atoms with Crippen LogP contribution in [0.1, 0.15) is 59.4 Å². The Kier molecular flexibility index (Phi) is 6.03. The summed E-state index contributed by atoms with van der Waals surface area (Å²) < 4.78 is 67.2. The van der Waals surface area contributed by atoms with Crippen LogP contribution in [0, 0.1) is 0 Å². The minimum atomic E-state index is -3.06. The molecule has 0 radical (unpaired) electrons. The molecule has 60 heavy (non-hydrogen) atoms. The van der Waals surface area contributed by atoms with Crippen LogP contribution in [-0.4, -0.2) is 14.0 Å². The first-order valence-electron chi connectivity index (χ1n) is 23.5. The molecule has 288 valence electrons. The highest BCUT2D eigenvalue weighted by atomic mass is 16.5. The SMILES string of the molecule is [2H]C([2H])([2H])C1(C([2H])([2H])[2H])c2cc(-n3c4ccccc4n4c5ccccc5nc34)ccc2Oc2c(-c3cc4c(cc3C(C)(C)C)-c3ccccc3-c3ccccc3-c3ccccc3-4)cccc21. The molecular formula is C56H43N3O. The zero-order valence-corrected chi connectivity index (χ0v) is 33.4. The molecule has 2 aromatic heterocycles. The van der Waals surface area contributed by atoms with Crippen LogP contribution < -0.4 is 4.74 Å². The third-order valence-electron chi connectivity index (χ3n) is 12.6. The van der Waals surface area contributed by atoms with E-state index in [9.17, 15) is 8.22 Å². The van der Waals surface area contributed by atoms with Crippen molar-refractivity contribution in [2.45, 2.75) is 45.3 Å². The number of nitrogens with zero attached hydrogens (tertiary/aromatic N) is 3. The van der Waals surface area contributed by atoms with Gasteiger partial charge in [0.2, 0.25) is 5.78 Å². The Morgan fingerprint density at radius 2 is 1.05 bits per heavy atom. The third-order valence-corrected chi connectivity index (χ3v) is 12.6. The fourth-order valence-electron chi connectivity index (χ4n) is 9.80. The molecule has 0 atom stereocenters. The molecule has 2 aliphatic rings. The highest BCUT2D eigenvalue weighted by Gasteiger charge is 2.37. The van der Waals surface area contributed by atoms with Crippen molar-refractivity contribution in [3.8, 4) is 72.8 Å². The predicted octanol–water partition coefficient (Wildman–Crippen LogP) is 14.8. The van der Waals surface area contributed by atoms with Gasteiger partial charge in [-0.05, 0) is 116 Å². The van der Waals surface area contributed by atoms with Crippen molar-refractivity contribution in [3.63, 3.8) is 0 Å². The molecule has 4 nitrogen and oxygen atoms in total. The molecule has 1 aliphatic carbocycles. The molecule has 0 N–H and O–H groups in total. The van der Waals surface area contributed by atoms with Gasteiger partial charge in [0.15, 0.2) is 0 Å².